The molecule has 1 aliphatic carbocycles. The summed E-state index contributed by atoms with van der Waals surface area (Å²) in [5.74, 6) is 1.95. The highest BCUT2D eigenvalue weighted by molar-refractivity contribution is 5.91. The molecule has 4 heteroatoms. The van der Waals surface area contributed by atoms with E-state index < -0.39 is 0 Å². The van der Waals surface area contributed by atoms with Crippen LogP contribution in [0, 0.1) is 5.92 Å². The summed E-state index contributed by atoms with van der Waals surface area (Å²) in [5.41, 5.74) is 1.41. The number of benzene rings is 2. The predicted molar refractivity (Wildman–Crippen MR) is 107 cm³/mol. The number of nitrogens with zero attached hydrogens (tertiary/aromatic N) is 1. The van der Waals surface area contributed by atoms with Crippen LogP contribution in [0.5, 0.6) is 5.75 Å². The van der Waals surface area contributed by atoms with Gasteiger partial charge in [0.2, 0.25) is 0 Å². The molecule has 0 amide bonds. The second-order valence-electron chi connectivity index (χ2n) is 7.37. The van der Waals surface area contributed by atoms with E-state index in [2.05, 4.69) is 46.6 Å². The molecule has 1 aliphatic heterocycles. The van der Waals surface area contributed by atoms with E-state index in [1.807, 2.05) is 0 Å². The molecule has 136 valence electrons. The quantitative estimate of drug-likeness (QED) is 0.834. The number of rotatable bonds is 6. The molecule has 0 aromatic heterocycles. The highest BCUT2D eigenvalue weighted by Gasteiger charge is 2.24. The van der Waals surface area contributed by atoms with Crippen molar-refractivity contribution in [3.63, 3.8) is 0 Å². The lowest BCUT2D eigenvalue weighted by Gasteiger charge is -2.32. The second-order valence-corrected chi connectivity index (χ2v) is 7.37. The number of fused-ring (bicyclic) bond motifs is 1. The van der Waals surface area contributed by atoms with Crippen molar-refractivity contribution in [3.8, 4) is 5.75 Å². The lowest BCUT2D eigenvalue weighted by Crippen LogP contribution is -2.42. The third-order valence-electron chi connectivity index (χ3n) is 5.57. The van der Waals surface area contributed by atoms with Crippen LogP contribution in [0.15, 0.2) is 36.4 Å². The molecule has 2 fully saturated rings. The summed E-state index contributed by atoms with van der Waals surface area (Å²) in [6.45, 7) is 4.68. The van der Waals surface area contributed by atoms with Crippen molar-refractivity contribution in [1.82, 2.24) is 10.2 Å². The summed E-state index contributed by atoms with van der Waals surface area (Å²) >= 11 is 0. The maximum atomic E-state index is 5.52. The number of likely N-dealkylation sites (tertiary alicyclic amines) is 1. The van der Waals surface area contributed by atoms with Crippen LogP contribution < -0.4 is 10.1 Å². The van der Waals surface area contributed by atoms with Gasteiger partial charge in [-0.05, 0) is 68.3 Å². The van der Waals surface area contributed by atoms with Gasteiger partial charge in [-0.25, -0.2) is 0 Å². The molecule has 1 saturated heterocycles. The number of methoxy groups -OCH3 is 1. The minimum Gasteiger partial charge on any atom is -0.496 e. The third kappa shape index (κ3) is 4.46. The van der Waals surface area contributed by atoms with Crippen LogP contribution in [0.4, 0.5) is 0 Å². The highest BCUT2D eigenvalue weighted by Crippen LogP contribution is 2.30. The smallest absolute Gasteiger partial charge is 0.126 e. The molecule has 2 aliphatic rings. The first-order chi connectivity index (χ1) is 11.8. The Morgan fingerprint density at radius 2 is 1.72 bits per heavy atom. The van der Waals surface area contributed by atoms with Crippen molar-refractivity contribution in [2.24, 2.45) is 5.92 Å². The van der Waals surface area contributed by atoms with Crippen molar-refractivity contribution in [1.29, 1.82) is 0 Å². The molecule has 1 saturated carbocycles. The SMILES string of the molecule is COc1ccc(CN2CCC(NCC3CC3)CC2)c2ccccc12.Cl. The summed E-state index contributed by atoms with van der Waals surface area (Å²) in [4.78, 5) is 2.60. The number of ether oxygens (including phenoxy) is 1. The van der Waals surface area contributed by atoms with E-state index in [4.69, 9.17) is 4.74 Å². The van der Waals surface area contributed by atoms with Crippen molar-refractivity contribution >= 4 is 23.2 Å². The molecule has 0 bridgehead atoms. The van der Waals surface area contributed by atoms with Crippen LogP contribution in [0.25, 0.3) is 10.8 Å². The topological polar surface area (TPSA) is 24.5 Å². The molecule has 2 aromatic rings. The van der Waals surface area contributed by atoms with Gasteiger partial charge in [0.25, 0.3) is 0 Å². The van der Waals surface area contributed by atoms with Gasteiger partial charge in [-0.2, -0.15) is 0 Å². The normalized spacial score (nSPS) is 18.9. The fourth-order valence-corrected chi connectivity index (χ4v) is 3.84. The third-order valence-corrected chi connectivity index (χ3v) is 5.57. The highest BCUT2D eigenvalue weighted by atomic mass is 35.5. The fraction of sp³-hybridized carbons (Fsp3) is 0.524. The van der Waals surface area contributed by atoms with Crippen LogP contribution in [0.2, 0.25) is 0 Å². The molecular weight excluding hydrogens is 332 g/mol. The Morgan fingerprint density at radius 3 is 2.40 bits per heavy atom. The molecule has 0 spiro atoms. The van der Waals surface area contributed by atoms with E-state index in [-0.39, 0.29) is 12.4 Å². The van der Waals surface area contributed by atoms with E-state index in [0.29, 0.717) is 0 Å². The van der Waals surface area contributed by atoms with Gasteiger partial charge in [0.1, 0.15) is 5.75 Å². The van der Waals surface area contributed by atoms with E-state index in [9.17, 15) is 0 Å². The van der Waals surface area contributed by atoms with Crippen LogP contribution in [-0.4, -0.2) is 37.7 Å². The zero-order chi connectivity index (χ0) is 16.4. The number of hydrogen-bond acceptors (Lipinski definition) is 3. The molecule has 3 nitrogen and oxygen atoms in total. The van der Waals surface area contributed by atoms with Gasteiger partial charge in [-0.1, -0.05) is 30.3 Å². The average Bonchev–Trinajstić information content (AvgIpc) is 3.46. The van der Waals surface area contributed by atoms with Gasteiger partial charge >= 0.3 is 0 Å². The number of nitrogens with one attached hydrogen (secondary N) is 1. The number of hydrogen-bond donors (Lipinski definition) is 1. The Kier molecular flexibility index (Phi) is 6.21. The molecule has 0 unspecified atom stereocenters. The van der Waals surface area contributed by atoms with Gasteiger partial charge in [0, 0.05) is 18.0 Å². The maximum absolute atomic E-state index is 5.52. The van der Waals surface area contributed by atoms with Crippen LogP contribution in [-0.2, 0) is 6.54 Å². The minimum atomic E-state index is 0. The fourth-order valence-electron chi connectivity index (χ4n) is 3.84. The summed E-state index contributed by atoms with van der Waals surface area (Å²) in [6, 6.07) is 13.7. The molecule has 25 heavy (non-hydrogen) atoms. The molecule has 0 radical (unpaired) electrons. The first-order valence-corrected chi connectivity index (χ1v) is 9.34. The summed E-state index contributed by atoms with van der Waals surface area (Å²) < 4.78 is 5.52. The Morgan fingerprint density at radius 1 is 1.00 bits per heavy atom. The zero-order valence-corrected chi connectivity index (χ0v) is 15.9. The zero-order valence-electron chi connectivity index (χ0n) is 15.0. The van der Waals surface area contributed by atoms with Gasteiger partial charge in [0.15, 0.2) is 0 Å². The van der Waals surface area contributed by atoms with Crippen molar-refractivity contribution in [2.75, 3.05) is 26.7 Å². The Balaban J connectivity index is 0.00000182. The Labute approximate surface area is 157 Å². The number of piperidine rings is 1. The molecule has 1 N–H and O–H groups in total. The van der Waals surface area contributed by atoms with Gasteiger partial charge in [0.05, 0.1) is 7.11 Å². The molecular formula is C21H29ClN2O. The summed E-state index contributed by atoms with van der Waals surface area (Å²) in [5, 5.41) is 6.32. The standard InChI is InChI=1S/C21H28N2O.ClH/c1-24-21-9-8-17(19-4-2-3-5-20(19)21)15-23-12-10-18(11-13-23)22-14-16-6-7-16;/h2-5,8-9,16,18,22H,6-7,10-15H2,1H3;1H. The Bertz CT molecular complexity index is 693. The monoisotopic (exact) mass is 360 g/mol. The van der Waals surface area contributed by atoms with Crippen LogP contribution in [0.1, 0.15) is 31.2 Å². The van der Waals surface area contributed by atoms with Crippen molar-refractivity contribution < 1.29 is 4.74 Å². The summed E-state index contributed by atoms with van der Waals surface area (Å²) in [6.07, 6.45) is 5.44. The van der Waals surface area contributed by atoms with Crippen molar-refractivity contribution in [3.05, 3.63) is 42.0 Å². The van der Waals surface area contributed by atoms with E-state index in [1.165, 1.54) is 61.7 Å². The second kappa shape index (κ2) is 8.39. The predicted octanol–water partition coefficient (Wildman–Crippen LogP) is 4.23. The molecule has 2 aromatic carbocycles. The summed E-state index contributed by atoms with van der Waals surface area (Å²) in [7, 11) is 1.75. The molecule has 1 heterocycles. The average molecular weight is 361 g/mol. The van der Waals surface area contributed by atoms with Gasteiger partial charge in [-0.3, -0.25) is 4.90 Å². The van der Waals surface area contributed by atoms with Crippen LogP contribution in [0.3, 0.4) is 0 Å². The molecule has 4 rings (SSSR count). The lowest BCUT2D eigenvalue weighted by molar-refractivity contribution is 0.190. The van der Waals surface area contributed by atoms with E-state index in [0.717, 1.165) is 24.3 Å². The largest absolute Gasteiger partial charge is 0.496 e. The first-order valence-electron chi connectivity index (χ1n) is 9.34. The van der Waals surface area contributed by atoms with Gasteiger partial charge in [-0.15, -0.1) is 12.4 Å². The lowest BCUT2D eigenvalue weighted by atomic mass is 10.0. The van der Waals surface area contributed by atoms with Crippen LogP contribution >= 0.6 is 12.4 Å². The Hall–Kier alpha value is -1.29. The molecule has 0 atom stereocenters. The van der Waals surface area contributed by atoms with Gasteiger partial charge < -0.3 is 10.1 Å². The first kappa shape index (κ1) is 18.5. The minimum absolute atomic E-state index is 0. The number of halogens is 1. The van der Waals surface area contributed by atoms with E-state index in [1.54, 1.807) is 7.11 Å². The van der Waals surface area contributed by atoms with E-state index >= 15 is 0 Å². The van der Waals surface area contributed by atoms with Crippen molar-refractivity contribution in [2.45, 2.75) is 38.3 Å². The maximum Gasteiger partial charge on any atom is 0.126 e.